The van der Waals surface area contributed by atoms with Gasteiger partial charge >= 0.3 is 0 Å². The van der Waals surface area contributed by atoms with Crippen molar-refractivity contribution in [2.45, 2.75) is 33.2 Å². The van der Waals surface area contributed by atoms with E-state index in [4.69, 9.17) is 0 Å². The number of pyridine rings is 1. The van der Waals surface area contributed by atoms with E-state index in [0.29, 0.717) is 0 Å². The van der Waals surface area contributed by atoms with E-state index in [1.54, 1.807) is 0 Å². The fourth-order valence-corrected chi connectivity index (χ4v) is 2.49. The molecule has 94 valence electrons. The highest BCUT2D eigenvalue weighted by Gasteiger charge is 2.16. The van der Waals surface area contributed by atoms with Gasteiger partial charge in [-0.3, -0.25) is 4.90 Å². The van der Waals surface area contributed by atoms with Crippen LogP contribution in [0.1, 0.15) is 32.3 Å². The molecule has 3 heteroatoms. The number of nitrogens with zero attached hydrogens (tertiary/aromatic N) is 2. The van der Waals surface area contributed by atoms with Crippen LogP contribution in [-0.4, -0.2) is 29.5 Å². The summed E-state index contributed by atoms with van der Waals surface area (Å²) in [6.07, 6.45) is 4.72. The Hall–Kier alpha value is -1.09. The number of rotatable bonds is 4. The number of likely N-dealkylation sites (tertiary alicyclic amines) is 1. The maximum absolute atomic E-state index is 4.42. The molecule has 1 N–H and O–H groups in total. The summed E-state index contributed by atoms with van der Waals surface area (Å²) < 4.78 is 0. The van der Waals surface area contributed by atoms with Crippen molar-refractivity contribution < 1.29 is 0 Å². The molecule has 3 nitrogen and oxygen atoms in total. The van der Waals surface area contributed by atoms with Gasteiger partial charge in [0.2, 0.25) is 0 Å². The molecule has 1 aliphatic rings. The molecule has 2 heterocycles. The molecule has 0 radical (unpaired) electrons. The number of anilines is 1. The molecule has 17 heavy (non-hydrogen) atoms. The predicted molar refractivity (Wildman–Crippen MR) is 72.1 cm³/mol. The third-order valence-electron chi connectivity index (χ3n) is 3.33. The number of piperidine rings is 1. The zero-order valence-corrected chi connectivity index (χ0v) is 10.9. The molecule has 2 rings (SSSR count). The van der Waals surface area contributed by atoms with Crippen molar-refractivity contribution in [3.8, 4) is 0 Å². The number of aromatic nitrogens is 1. The standard InChI is InChI=1S/C14H23N3/c1-3-15-14-7-6-13(9-16-14)11-17-8-4-5-12(2)10-17/h6-7,9,12H,3-5,8,10-11H2,1-2H3,(H,15,16). The summed E-state index contributed by atoms with van der Waals surface area (Å²) in [5.41, 5.74) is 1.32. The topological polar surface area (TPSA) is 28.2 Å². The summed E-state index contributed by atoms with van der Waals surface area (Å²) in [7, 11) is 0. The Bertz CT molecular complexity index is 334. The molecule has 1 fully saturated rings. The van der Waals surface area contributed by atoms with E-state index in [1.165, 1.54) is 31.5 Å². The van der Waals surface area contributed by atoms with E-state index < -0.39 is 0 Å². The van der Waals surface area contributed by atoms with Crippen molar-refractivity contribution in [1.82, 2.24) is 9.88 Å². The summed E-state index contributed by atoms with van der Waals surface area (Å²) in [4.78, 5) is 6.95. The highest BCUT2D eigenvalue weighted by atomic mass is 15.1. The lowest BCUT2D eigenvalue weighted by Gasteiger charge is -2.30. The zero-order valence-electron chi connectivity index (χ0n) is 10.9. The monoisotopic (exact) mass is 233 g/mol. The van der Waals surface area contributed by atoms with Gasteiger partial charge in [0.15, 0.2) is 0 Å². The van der Waals surface area contributed by atoms with Crippen molar-refractivity contribution >= 4 is 5.82 Å². The molecule has 0 saturated carbocycles. The number of hydrogen-bond acceptors (Lipinski definition) is 3. The predicted octanol–water partition coefficient (Wildman–Crippen LogP) is 2.75. The molecule has 0 aromatic carbocycles. The minimum Gasteiger partial charge on any atom is -0.370 e. The van der Waals surface area contributed by atoms with Gasteiger partial charge in [0.25, 0.3) is 0 Å². The molecule has 1 aliphatic heterocycles. The second-order valence-electron chi connectivity index (χ2n) is 5.06. The minimum absolute atomic E-state index is 0.845. The lowest BCUT2D eigenvalue weighted by Crippen LogP contribution is -2.33. The molecule has 0 amide bonds. The Kier molecular flexibility index (Phi) is 4.37. The van der Waals surface area contributed by atoms with E-state index in [-0.39, 0.29) is 0 Å². The molecular weight excluding hydrogens is 210 g/mol. The lowest BCUT2D eigenvalue weighted by molar-refractivity contribution is 0.176. The Balaban J connectivity index is 1.89. The van der Waals surface area contributed by atoms with Crippen LogP contribution in [0.5, 0.6) is 0 Å². The molecule has 1 aromatic heterocycles. The molecule has 1 atom stereocenters. The molecule has 1 saturated heterocycles. The van der Waals surface area contributed by atoms with Crippen LogP contribution in [0, 0.1) is 5.92 Å². The van der Waals surface area contributed by atoms with Crippen molar-refractivity contribution in [2.24, 2.45) is 5.92 Å². The van der Waals surface area contributed by atoms with E-state index >= 15 is 0 Å². The third-order valence-corrected chi connectivity index (χ3v) is 3.33. The first-order valence-electron chi connectivity index (χ1n) is 6.69. The van der Waals surface area contributed by atoms with Gasteiger partial charge in [0, 0.05) is 25.8 Å². The summed E-state index contributed by atoms with van der Waals surface area (Å²) >= 11 is 0. The minimum atomic E-state index is 0.845. The van der Waals surface area contributed by atoms with Gasteiger partial charge < -0.3 is 5.32 Å². The first-order chi connectivity index (χ1) is 8.28. The van der Waals surface area contributed by atoms with Gasteiger partial charge in [-0.25, -0.2) is 4.98 Å². The van der Waals surface area contributed by atoms with Gasteiger partial charge in [-0.15, -0.1) is 0 Å². The van der Waals surface area contributed by atoms with Crippen molar-refractivity contribution in [3.05, 3.63) is 23.9 Å². The first-order valence-corrected chi connectivity index (χ1v) is 6.69. The number of nitrogens with one attached hydrogen (secondary N) is 1. The summed E-state index contributed by atoms with van der Waals surface area (Å²) in [5.74, 6) is 1.82. The Morgan fingerprint density at radius 3 is 3.00 bits per heavy atom. The quantitative estimate of drug-likeness (QED) is 0.866. The Morgan fingerprint density at radius 2 is 2.35 bits per heavy atom. The van der Waals surface area contributed by atoms with Gasteiger partial charge in [-0.05, 0) is 43.9 Å². The van der Waals surface area contributed by atoms with Crippen LogP contribution in [0.25, 0.3) is 0 Å². The van der Waals surface area contributed by atoms with E-state index in [0.717, 1.165) is 24.8 Å². The molecule has 1 unspecified atom stereocenters. The molecule has 1 aromatic rings. The van der Waals surface area contributed by atoms with Crippen molar-refractivity contribution in [3.63, 3.8) is 0 Å². The van der Waals surface area contributed by atoms with Crippen LogP contribution < -0.4 is 5.32 Å². The summed E-state index contributed by atoms with van der Waals surface area (Å²) in [5, 5.41) is 3.22. The van der Waals surface area contributed by atoms with Crippen molar-refractivity contribution in [2.75, 3.05) is 25.0 Å². The maximum atomic E-state index is 4.42. The highest BCUT2D eigenvalue weighted by molar-refractivity contribution is 5.35. The third kappa shape index (κ3) is 3.70. The average molecular weight is 233 g/mol. The van der Waals surface area contributed by atoms with Gasteiger partial charge in [-0.2, -0.15) is 0 Å². The van der Waals surface area contributed by atoms with Crippen LogP contribution in [-0.2, 0) is 6.54 Å². The van der Waals surface area contributed by atoms with Crippen LogP contribution in [0.3, 0.4) is 0 Å². The second kappa shape index (κ2) is 6.01. The van der Waals surface area contributed by atoms with Crippen molar-refractivity contribution in [1.29, 1.82) is 0 Å². The van der Waals surface area contributed by atoms with E-state index in [1.807, 2.05) is 6.20 Å². The number of hydrogen-bond donors (Lipinski definition) is 1. The largest absolute Gasteiger partial charge is 0.370 e. The lowest BCUT2D eigenvalue weighted by atomic mass is 10.00. The molecule has 0 aliphatic carbocycles. The second-order valence-corrected chi connectivity index (χ2v) is 5.06. The highest BCUT2D eigenvalue weighted by Crippen LogP contribution is 2.17. The van der Waals surface area contributed by atoms with E-state index in [9.17, 15) is 0 Å². The smallest absolute Gasteiger partial charge is 0.125 e. The normalized spacial score (nSPS) is 21.4. The Labute approximate surface area is 104 Å². The van der Waals surface area contributed by atoms with Gasteiger partial charge in [0.05, 0.1) is 0 Å². The van der Waals surface area contributed by atoms with E-state index in [2.05, 4.69) is 41.2 Å². The van der Waals surface area contributed by atoms with Crippen LogP contribution in [0.2, 0.25) is 0 Å². The fourth-order valence-electron chi connectivity index (χ4n) is 2.49. The van der Waals surface area contributed by atoms with Gasteiger partial charge in [-0.1, -0.05) is 13.0 Å². The molecule has 0 bridgehead atoms. The van der Waals surface area contributed by atoms with Crippen LogP contribution in [0.4, 0.5) is 5.82 Å². The summed E-state index contributed by atoms with van der Waals surface area (Å²) in [6.45, 7) is 8.87. The fraction of sp³-hybridized carbons (Fsp3) is 0.643. The van der Waals surface area contributed by atoms with Crippen LogP contribution in [0.15, 0.2) is 18.3 Å². The zero-order chi connectivity index (χ0) is 12.1. The van der Waals surface area contributed by atoms with Gasteiger partial charge in [0.1, 0.15) is 5.82 Å². The molecular formula is C14H23N3. The summed E-state index contributed by atoms with van der Waals surface area (Å²) in [6, 6.07) is 4.26. The maximum Gasteiger partial charge on any atom is 0.125 e. The molecule has 0 spiro atoms. The Morgan fingerprint density at radius 1 is 1.47 bits per heavy atom. The van der Waals surface area contributed by atoms with Crippen LogP contribution >= 0.6 is 0 Å². The first kappa shape index (κ1) is 12.4. The SMILES string of the molecule is CCNc1ccc(CN2CCCC(C)C2)cn1. The average Bonchev–Trinajstić information content (AvgIpc) is 2.32.